The van der Waals surface area contributed by atoms with Gasteiger partial charge in [-0.2, -0.15) is 5.10 Å². The Balaban J connectivity index is 1.80. The monoisotopic (exact) mass is 368 g/mol. The first-order chi connectivity index (χ1) is 12.7. The lowest BCUT2D eigenvalue weighted by Gasteiger charge is -2.18. The van der Waals surface area contributed by atoms with Crippen LogP contribution in [0.15, 0.2) is 46.3 Å². The van der Waals surface area contributed by atoms with Crippen molar-refractivity contribution in [1.82, 2.24) is 4.68 Å². The molecule has 4 rings (SSSR count). The highest BCUT2D eigenvalue weighted by atomic mass is 32.1. The lowest BCUT2D eigenvalue weighted by atomic mass is 10.1. The van der Waals surface area contributed by atoms with E-state index >= 15 is 0 Å². The van der Waals surface area contributed by atoms with E-state index in [9.17, 15) is 4.79 Å². The predicted octanol–water partition coefficient (Wildman–Crippen LogP) is 3.41. The van der Waals surface area contributed by atoms with Crippen LogP contribution in [0.4, 0.5) is 5.69 Å². The van der Waals surface area contributed by atoms with Crippen molar-refractivity contribution in [2.75, 3.05) is 18.5 Å². The Hall–Kier alpha value is -2.67. The van der Waals surface area contributed by atoms with Crippen LogP contribution < -0.4 is 14.9 Å². The maximum Gasteiger partial charge on any atom is 0.262 e. The van der Waals surface area contributed by atoms with E-state index in [1.165, 1.54) is 18.6 Å². The number of amides is 1. The number of hydrogen-bond donors (Lipinski definition) is 1. The van der Waals surface area contributed by atoms with E-state index in [0.29, 0.717) is 18.0 Å². The van der Waals surface area contributed by atoms with Crippen LogP contribution in [0, 0.1) is 0 Å². The Morgan fingerprint density at radius 3 is 3.00 bits per heavy atom. The minimum atomic E-state index is -0.138. The molecular weight excluding hydrogens is 348 g/mol. The van der Waals surface area contributed by atoms with Gasteiger partial charge in [0.2, 0.25) is 4.80 Å². The molecule has 0 saturated heterocycles. The standard InChI is InChI=1S/C19H20N4O2S/c1-2-9-20-19-23(22-14-5-3-4-6-14)16(12-26-19)13-7-8-17-15(10-13)21-18(24)11-25-17/h2,7-8,10,12H,1,3-6,9,11H2,(H,21,24). The van der Waals surface area contributed by atoms with Crippen molar-refractivity contribution >= 4 is 28.6 Å². The van der Waals surface area contributed by atoms with Gasteiger partial charge in [-0.3, -0.25) is 9.79 Å². The number of carbonyl (C=O) groups excluding carboxylic acids is 1. The second kappa shape index (κ2) is 7.29. The number of nitrogens with one attached hydrogen (secondary N) is 1. The minimum absolute atomic E-state index is 0.0586. The summed E-state index contributed by atoms with van der Waals surface area (Å²) in [5.74, 6) is 0.550. The highest BCUT2D eigenvalue weighted by Gasteiger charge is 2.18. The molecule has 1 amide bonds. The van der Waals surface area contributed by atoms with Crippen molar-refractivity contribution in [3.05, 3.63) is 41.0 Å². The SMILES string of the molecule is C=CCN=c1scc(-c2ccc3c(c2)NC(=O)CO3)n1N=C1CCCC1. The van der Waals surface area contributed by atoms with E-state index in [1.807, 2.05) is 28.3 Å². The molecule has 2 heterocycles. The van der Waals surface area contributed by atoms with Gasteiger partial charge >= 0.3 is 0 Å². The summed E-state index contributed by atoms with van der Waals surface area (Å²) in [5, 5.41) is 9.78. The average Bonchev–Trinajstić information content (AvgIpc) is 3.30. The molecule has 0 spiro atoms. The van der Waals surface area contributed by atoms with Crippen molar-refractivity contribution in [2.45, 2.75) is 25.7 Å². The average molecular weight is 368 g/mol. The molecule has 1 aromatic carbocycles. The van der Waals surface area contributed by atoms with Crippen LogP contribution in [-0.2, 0) is 4.79 Å². The van der Waals surface area contributed by atoms with Crippen molar-refractivity contribution in [1.29, 1.82) is 0 Å². The first kappa shape index (κ1) is 16.8. The van der Waals surface area contributed by atoms with E-state index in [-0.39, 0.29) is 12.5 Å². The largest absolute Gasteiger partial charge is 0.482 e. The number of hydrogen-bond acceptors (Lipinski definition) is 5. The number of fused-ring (bicyclic) bond motifs is 1. The quantitative estimate of drug-likeness (QED) is 0.840. The summed E-state index contributed by atoms with van der Waals surface area (Å²) in [5.41, 5.74) is 3.82. The summed E-state index contributed by atoms with van der Waals surface area (Å²) in [7, 11) is 0. The molecule has 1 fully saturated rings. The molecule has 0 unspecified atom stereocenters. The fraction of sp³-hybridized carbons (Fsp3) is 0.316. The second-order valence-electron chi connectivity index (χ2n) is 6.27. The Labute approximate surface area is 155 Å². The summed E-state index contributed by atoms with van der Waals surface area (Å²) in [6, 6.07) is 5.80. The van der Waals surface area contributed by atoms with Crippen LogP contribution in [0.25, 0.3) is 11.3 Å². The van der Waals surface area contributed by atoms with Crippen LogP contribution in [-0.4, -0.2) is 29.4 Å². The van der Waals surface area contributed by atoms with Gasteiger partial charge in [-0.1, -0.05) is 6.08 Å². The first-order valence-corrected chi connectivity index (χ1v) is 9.58. The van der Waals surface area contributed by atoms with Crippen molar-refractivity contribution in [3.8, 4) is 17.0 Å². The number of rotatable bonds is 4. The minimum Gasteiger partial charge on any atom is -0.482 e. The number of thiazole rings is 1. The van der Waals surface area contributed by atoms with Gasteiger partial charge in [-0.05, 0) is 43.9 Å². The van der Waals surface area contributed by atoms with Gasteiger partial charge in [-0.15, -0.1) is 17.9 Å². The zero-order valence-corrected chi connectivity index (χ0v) is 15.2. The van der Waals surface area contributed by atoms with Gasteiger partial charge in [0.05, 0.1) is 17.9 Å². The van der Waals surface area contributed by atoms with Crippen LogP contribution in [0.5, 0.6) is 5.75 Å². The number of benzene rings is 1. The van der Waals surface area contributed by atoms with E-state index < -0.39 is 0 Å². The van der Waals surface area contributed by atoms with Gasteiger partial charge in [0, 0.05) is 16.7 Å². The van der Waals surface area contributed by atoms with Crippen molar-refractivity contribution in [2.24, 2.45) is 10.1 Å². The smallest absolute Gasteiger partial charge is 0.262 e. The molecular formula is C19H20N4O2S. The number of aromatic nitrogens is 1. The third-order valence-corrected chi connectivity index (χ3v) is 5.23. The Kier molecular flexibility index (Phi) is 4.71. The normalized spacial score (nSPS) is 16.8. The van der Waals surface area contributed by atoms with Gasteiger partial charge in [0.15, 0.2) is 6.61 Å². The molecule has 1 aromatic heterocycles. The molecule has 2 aliphatic rings. The lowest BCUT2D eigenvalue weighted by molar-refractivity contribution is -0.118. The third kappa shape index (κ3) is 3.35. The summed E-state index contributed by atoms with van der Waals surface area (Å²) < 4.78 is 7.37. The summed E-state index contributed by atoms with van der Waals surface area (Å²) in [4.78, 5) is 17.0. The van der Waals surface area contributed by atoms with E-state index in [1.54, 1.807) is 17.4 Å². The molecule has 1 aliphatic heterocycles. The van der Waals surface area contributed by atoms with Crippen LogP contribution >= 0.6 is 11.3 Å². The first-order valence-electron chi connectivity index (χ1n) is 8.70. The lowest BCUT2D eigenvalue weighted by Crippen LogP contribution is -2.25. The van der Waals surface area contributed by atoms with Crippen LogP contribution in [0.3, 0.4) is 0 Å². The molecule has 7 heteroatoms. The van der Waals surface area contributed by atoms with Crippen molar-refractivity contribution in [3.63, 3.8) is 0 Å². The van der Waals surface area contributed by atoms with Gasteiger partial charge < -0.3 is 10.1 Å². The predicted molar refractivity (Wildman–Crippen MR) is 104 cm³/mol. The van der Waals surface area contributed by atoms with Crippen LogP contribution in [0.2, 0.25) is 0 Å². The number of nitrogens with zero attached hydrogens (tertiary/aromatic N) is 3. The Morgan fingerprint density at radius 1 is 1.35 bits per heavy atom. The molecule has 26 heavy (non-hydrogen) atoms. The Bertz CT molecular complexity index is 947. The summed E-state index contributed by atoms with van der Waals surface area (Å²) in [6.07, 6.45) is 6.24. The molecule has 1 aliphatic carbocycles. The van der Waals surface area contributed by atoms with E-state index in [2.05, 4.69) is 16.9 Å². The third-order valence-electron chi connectivity index (χ3n) is 4.37. The highest BCUT2D eigenvalue weighted by molar-refractivity contribution is 7.07. The fourth-order valence-electron chi connectivity index (χ4n) is 3.11. The van der Waals surface area contributed by atoms with E-state index in [0.717, 1.165) is 28.9 Å². The molecule has 0 bridgehead atoms. The molecule has 0 radical (unpaired) electrons. The van der Waals surface area contributed by atoms with E-state index in [4.69, 9.17) is 9.84 Å². The zero-order chi connectivity index (χ0) is 17.9. The zero-order valence-electron chi connectivity index (χ0n) is 14.4. The maximum absolute atomic E-state index is 11.6. The van der Waals surface area contributed by atoms with Gasteiger partial charge in [0.25, 0.3) is 5.91 Å². The summed E-state index contributed by atoms with van der Waals surface area (Å²) in [6.45, 7) is 4.35. The fourth-order valence-corrected chi connectivity index (χ4v) is 3.95. The number of ether oxygens (including phenoxy) is 1. The summed E-state index contributed by atoms with van der Waals surface area (Å²) >= 11 is 1.56. The number of carbonyl (C=O) groups is 1. The second-order valence-corrected chi connectivity index (χ2v) is 7.10. The number of anilines is 1. The molecule has 2 aromatic rings. The molecule has 1 N–H and O–H groups in total. The molecule has 0 atom stereocenters. The molecule has 134 valence electrons. The molecule has 6 nitrogen and oxygen atoms in total. The van der Waals surface area contributed by atoms with Gasteiger partial charge in [0.1, 0.15) is 5.75 Å². The highest BCUT2D eigenvalue weighted by Crippen LogP contribution is 2.33. The maximum atomic E-state index is 11.6. The molecule has 1 saturated carbocycles. The van der Waals surface area contributed by atoms with Crippen molar-refractivity contribution < 1.29 is 9.53 Å². The van der Waals surface area contributed by atoms with Gasteiger partial charge in [-0.25, -0.2) is 4.68 Å². The topological polar surface area (TPSA) is 68.0 Å². The Morgan fingerprint density at radius 2 is 2.19 bits per heavy atom. The van der Waals surface area contributed by atoms with Crippen LogP contribution in [0.1, 0.15) is 25.7 Å².